The normalized spacial score (nSPS) is 16.0. The van der Waals surface area contributed by atoms with Gasteiger partial charge in [-0.05, 0) is 25.2 Å². The molecule has 21 heavy (non-hydrogen) atoms. The van der Waals surface area contributed by atoms with Crippen LogP contribution in [0.4, 0.5) is 9.93 Å². The maximum atomic E-state index is 11.5. The lowest BCUT2D eigenvalue weighted by atomic mass is 9.98. The van der Waals surface area contributed by atoms with E-state index in [1.54, 1.807) is 18.4 Å². The maximum Gasteiger partial charge on any atom is 0.407 e. The van der Waals surface area contributed by atoms with Crippen molar-refractivity contribution in [3.05, 3.63) is 11.6 Å². The summed E-state index contributed by atoms with van der Waals surface area (Å²) in [4.78, 5) is 18.1. The lowest BCUT2D eigenvalue weighted by Crippen LogP contribution is -2.36. The van der Waals surface area contributed by atoms with Crippen LogP contribution < -0.4 is 10.2 Å². The number of hydrogen-bond donors (Lipinski definition) is 1. The predicted molar refractivity (Wildman–Crippen MR) is 82.9 cm³/mol. The molecule has 1 aliphatic heterocycles. The Kier molecular flexibility index (Phi) is 6.75. The molecule has 1 aromatic heterocycles. The predicted octanol–water partition coefficient (Wildman–Crippen LogP) is 2.12. The van der Waals surface area contributed by atoms with E-state index in [0.29, 0.717) is 25.7 Å². The molecular weight excluding hydrogens is 290 g/mol. The van der Waals surface area contributed by atoms with Crippen LogP contribution in [0.3, 0.4) is 0 Å². The molecule has 0 aliphatic carbocycles. The first-order valence-electron chi connectivity index (χ1n) is 7.33. The first-order chi connectivity index (χ1) is 10.3. The van der Waals surface area contributed by atoms with Crippen molar-refractivity contribution in [1.82, 2.24) is 10.3 Å². The van der Waals surface area contributed by atoms with Crippen LogP contribution in [0.25, 0.3) is 0 Å². The summed E-state index contributed by atoms with van der Waals surface area (Å²) in [5.41, 5.74) is 0. The third-order valence-corrected chi connectivity index (χ3v) is 4.38. The molecule has 1 aromatic rings. The van der Waals surface area contributed by atoms with E-state index in [1.807, 2.05) is 11.6 Å². The first kappa shape index (κ1) is 16.0. The van der Waals surface area contributed by atoms with Crippen molar-refractivity contribution in [3.63, 3.8) is 0 Å². The van der Waals surface area contributed by atoms with Crippen molar-refractivity contribution >= 4 is 22.6 Å². The van der Waals surface area contributed by atoms with E-state index in [2.05, 4.69) is 15.2 Å². The van der Waals surface area contributed by atoms with Crippen molar-refractivity contribution in [2.45, 2.75) is 19.3 Å². The number of piperidine rings is 1. The van der Waals surface area contributed by atoms with Crippen LogP contribution in [0.15, 0.2) is 11.6 Å². The Bertz CT molecular complexity index is 406. The number of thiazole rings is 1. The van der Waals surface area contributed by atoms with Crippen LogP contribution in [-0.2, 0) is 9.47 Å². The number of alkyl carbamates (subject to hydrolysis) is 1. The lowest BCUT2D eigenvalue weighted by molar-refractivity contribution is 0.118. The summed E-state index contributed by atoms with van der Waals surface area (Å²) in [5.74, 6) is 0.450. The number of aromatic nitrogens is 1. The highest BCUT2D eigenvalue weighted by atomic mass is 32.1. The molecule has 1 amide bonds. The molecular formula is C14H23N3O3S. The summed E-state index contributed by atoms with van der Waals surface area (Å²) in [6.45, 7) is 3.71. The minimum absolute atomic E-state index is 0.326. The fourth-order valence-corrected chi connectivity index (χ4v) is 3.01. The second-order valence-electron chi connectivity index (χ2n) is 5.12. The molecule has 0 saturated carbocycles. The largest absolute Gasteiger partial charge is 0.449 e. The van der Waals surface area contributed by atoms with E-state index in [-0.39, 0.29) is 6.09 Å². The molecule has 0 spiro atoms. The number of rotatable bonds is 7. The van der Waals surface area contributed by atoms with Gasteiger partial charge in [-0.25, -0.2) is 9.78 Å². The van der Waals surface area contributed by atoms with E-state index < -0.39 is 0 Å². The van der Waals surface area contributed by atoms with Gasteiger partial charge in [0.1, 0.15) is 0 Å². The zero-order valence-corrected chi connectivity index (χ0v) is 13.2. The number of nitrogens with zero attached hydrogens (tertiary/aromatic N) is 2. The van der Waals surface area contributed by atoms with Crippen LogP contribution in [0.5, 0.6) is 0 Å². The molecule has 0 radical (unpaired) electrons. The number of carbonyl (C=O) groups excluding carboxylic acids is 1. The summed E-state index contributed by atoms with van der Waals surface area (Å²) in [7, 11) is 1.65. The highest BCUT2D eigenvalue weighted by molar-refractivity contribution is 7.13. The Hall–Kier alpha value is -1.34. The number of methoxy groups -OCH3 is 1. The summed E-state index contributed by atoms with van der Waals surface area (Å²) >= 11 is 1.67. The van der Waals surface area contributed by atoms with Crippen molar-refractivity contribution < 1.29 is 14.3 Å². The minimum atomic E-state index is -0.326. The molecule has 1 saturated heterocycles. The van der Waals surface area contributed by atoms with Crippen LogP contribution in [0.1, 0.15) is 19.3 Å². The van der Waals surface area contributed by atoms with Gasteiger partial charge < -0.3 is 19.7 Å². The molecule has 1 N–H and O–H groups in total. The third kappa shape index (κ3) is 5.51. The highest BCUT2D eigenvalue weighted by Gasteiger charge is 2.21. The van der Waals surface area contributed by atoms with Gasteiger partial charge in [0.2, 0.25) is 0 Å². The van der Waals surface area contributed by atoms with Crippen molar-refractivity contribution in [3.8, 4) is 0 Å². The van der Waals surface area contributed by atoms with Crippen molar-refractivity contribution in [2.24, 2.45) is 5.92 Å². The summed E-state index contributed by atoms with van der Waals surface area (Å²) < 4.78 is 10.2. The molecule has 0 aromatic carbocycles. The Balaban J connectivity index is 1.57. The van der Waals surface area contributed by atoms with E-state index in [4.69, 9.17) is 9.47 Å². The average Bonchev–Trinajstić information content (AvgIpc) is 3.04. The van der Waals surface area contributed by atoms with E-state index in [9.17, 15) is 4.79 Å². The standard InChI is InChI=1S/C14H23N3O3S/c1-19-9-2-5-16-14(18)20-11-12-3-7-17(8-4-12)13-15-6-10-21-13/h6,10,12H,2-5,7-9,11H2,1H3,(H,16,18). The molecule has 0 atom stereocenters. The fraction of sp³-hybridized carbons (Fsp3) is 0.714. The second-order valence-corrected chi connectivity index (χ2v) is 5.99. The van der Waals surface area contributed by atoms with E-state index in [0.717, 1.165) is 37.5 Å². The van der Waals surface area contributed by atoms with E-state index in [1.165, 1.54) is 0 Å². The van der Waals surface area contributed by atoms with Crippen LogP contribution in [0.2, 0.25) is 0 Å². The number of nitrogens with one attached hydrogen (secondary N) is 1. The third-order valence-electron chi connectivity index (χ3n) is 3.55. The fourth-order valence-electron chi connectivity index (χ4n) is 2.31. The molecule has 118 valence electrons. The topological polar surface area (TPSA) is 63.7 Å². The quantitative estimate of drug-likeness (QED) is 0.781. The number of carbonyl (C=O) groups is 1. The molecule has 2 rings (SSSR count). The van der Waals surface area contributed by atoms with Crippen LogP contribution >= 0.6 is 11.3 Å². The SMILES string of the molecule is COCCCNC(=O)OCC1CCN(c2nccs2)CC1. The van der Waals surface area contributed by atoms with Crippen LogP contribution in [0, 0.1) is 5.92 Å². The summed E-state index contributed by atoms with van der Waals surface area (Å²) in [5, 5.41) is 5.81. The molecule has 0 bridgehead atoms. The lowest BCUT2D eigenvalue weighted by Gasteiger charge is -2.31. The number of anilines is 1. The minimum Gasteiger partial charge on any atom is -0.449 e. The Morgan fingerprint density at radius 2 is 2.33 bits per heavy atom. The average molecular weight is 313 g/mol. The molecule has 0 unspecified atom stereocenters. The maximum absolute atomic E-state index is 11.5. The molecule has 1 aliphatic rings. The smallest absolute Gasteiger partial charge is 0.407 e. The van der Waals surface area contributed by atoms with E-state index >= 15 is 0 Å². The summed E-state index contributed by atoms with van der Waals surface area (Å²) in [6, 6.07) is 0. The van der Waals surface area contributed by atoms with Gasteiger partial charge in [0, 0.05) is 44.9 Å². The van der Waals surface area contributed by atoms with Gasteiger partial charge >= 0.3 is 6.09 Å². The van der Waals surface area contributed by atoms with Gasteiger partial charge in [-0.15, -0.1) is 11.3 Å². The Morgan fingerprint density at radius 3 is 3.00 bits per heavy atom. The van der Waals surface area contributed by atoms with Crippen molar-refractivity contribution in [1.29, 1.82) is 0 Å². The second kappa shape index (κ2) is 8.84. The van der Waals surface area contributed by atoms with Gasteiger partial charge in [0.05, 0.1) is 6.61 Å². The Morgan fingerprint density at radius 1 is 1.52 bits per heavy atom. The van der Waals surface area contributed by atoms with Gasteiger partial charge in [0.25, 0.3) is 0 Å². The molecule has 6 nitrogen and oxygen atoms in total. The van der Waals surface area contributed by atoms with Gasteiger partial charge in [-0.2, -0.15) is 0 Å². The molecule has 1 fully saturated rings. The van der Waals surface area contributed by atoms with Gasteiger partial charge in [-0.3, -0.25) is 0 Å². The van der Waals surface area contributed by atoms with Crippen molar-refractivity contribution in [2.75, 3.05) is 44.9 Å². The molecule has 2 heterocycles. The van der Waals surface area contributed by atoms with Crippen LogP contribution in [-0.4, -0.2) is 51.0 Å². The Labute approximate surface area is 129 Å². The van der Waals surface area contributed by atoms with Gasteiger partial charge in [-0.1, -0.05) is 0 Å². The summed E-state index contributed by atoms with van der Waals surface area (Å²) in [6.07, 6.45) is 4.39. The highest BCUT2D eigenvalue weighted by Crippen LogP contribution is 2.24. The number of amides is 1. The zero-order chi connectivity index (χ0) is 14.9. The monoisotopic (exact) mass is 313 g/mol. The number of hydrogen-bond acceptors (Lipinski definition) is 6. The zero-order valence-electron chi connectivity index (χ0n) is 12.4. The number of ether oxygens (including phenoxy) is 2. The first-order valence-corrected chi connectivity index (χ1v) is 8.21. The molecule has 7 heteroatoms. The van der Waals surface area contributed by atoms with Gasteiger partial charge in [0.15, 0.2) is 5.13 Å².